The SMILES string of the molecule is COc1cc(-c2cn(C)c(=O)c(C)c2C)cc(OC)c1CN1CC2CC(C1)N2C(=O)/C(C)=C/c1cccc(Br)n1. The molecule has 2 aromatic heterocycles. The van der Waals surface area contributed by atoms with Crippen LogP contribution in [0, 0.1) is 13.8 Å². The molecule has 0 saturated carbocycles. The van der Waals surface area contributed by atoms with Gasteiger partial charge in [0, 0.05) is 61.7 Å². The first-order valence-electron chi connectivity index (χ1n) is 13.4. The quantitative estimate of drug-likeness (QED) is 0.286. The minimum absolute atomic E-state index is 0.00322. The minimum atomic E-state index is 0.00322. The van der Waals surface area contributed by atoms with E-state index >= 15 is 0 Å². The Morgan fingerprint density at radius 1 is 1.10 bits per heavy atom. The maximum atomic E-state index is 13.3. The van der Waals surface area contributed by atoms with E-state index < -0.39 is 0 Å². The number of rotatable bonds is 7. The van der Waals surface area contributed by atoms with Gasteiger partial charge in [-0.1, -0.05) is 6.07 Å². The van der Waals surface area contributed by atoms with Gasteiger partial charge in [0.2, 0.25) is 5.91 Å². The zero-order valence-electron chi connectivity index (χ0n) is 23.8. The van der Waals surface area contributed by atoms with Gasteiger partial charge in [-0.3, -0.25) is 14.5 Å². The highest BCUT2D eigenvalue weighted by Gasteiger charge is 2.47. The summed E-state index contributed by atoms with van der Waals surface area (Å²) >= 11 is 3.39. The van der Waals surface area contributed by atoms with E-state index in [0.717, 1.165) is 69.1 Å². The van der Waals surface area contributed by atoms with Crippen LogP contribution in [0.2, 0.25) is 0 Å². The van der Waals surface area contributed by atoms with Crippen molar-refractivity contribution < 1.29 is 14.3 Å². The van der Waals surface area contributed by atoms with Crippen LogP contribution >= 0.6 is 15.9 Å². The Hall–Kier alpha value is -3.43. The highest BCUT2D eigenvalue weighted by molar-refractivity contribution is 9.10. The normalized spacial score (nSPS) is 18.9. The van der Waals surface area contributed by atoms with Crippen molar-refractivity contribution in [1.82, 2.24) is 19.4 Å². The summed E-state index contributed by atoms with van der Waals surface area (Å²) < 4.78 is 14.1. The molecule has 2 bridgehead atoms. The van der Waals surface area contributed by atoms with E-state index in [1.807, 2.05) is 68.3 Å². The summed E-state index contributed by atoms with van der Waals surface area (Å²) in [6, 6.07) is 10.1. The van der Waals surface area contributed by atoms with Crippen LogP contribution in [0.3, 0.4) is 0 Å². The van der Waals surface area contributed by atoms with Crippen LogP contribution in [0.1, 0.15) is 35.7 Å². The van der Waals surface area contributed by atoms with Crippen molar-refractivity contribution in [2.75, 3.05) is 27.3 Å². The van der Waals surface area contributed by atoms with Crippen LogP contribution in [-0.4, -0.2) is 64.7 Å². The summed E-state index contributed by atoms with van der Waals surface area (Å²) in [6.07, 6.45) is 4.73. The zero-order chi connectivity index (χ0) is 28.7. The number of halogens is 1. The van der Waals surface area contributed by atoms with Crippen molar-refractivity contribution in [3.63, 3.8) is 0 Å². The van der Waals surface area contributed by atoms with Gasteiger partial charge in [0.15, 0.2) is 0 Å². The predicted octanol–water partition coefficient (Wildman–Crippen LogP) is 4.73. The first-order valence-corrected chi connectivity index (χ1v) is 14.2. The number of aryl methyl sites for hydroxylation is 1. The summed E-state index contributed by atoms with van der Waals surface area (Å²) in [5.41, 5.74) is 6.02. The van der Waals surface area contributed by atoms with Gasteiger partial charge in [0.05, 0.1) is 25.5 Å². The van der Waals surface area contributed by atoms with Crippen LogP contribution in [0.15, 0.2) is 51.5 Å². The molecule has 0 spiro atoms. The maximum absolute atomic E-state index is 13.3. The van der Waals surface area contributed by atoms with Gasteiger partial charge in [0.25, 0.3) is 5.56 Å². The average Bonchev–Trinajstić information content (AvgIpc) is 2.93. The lowest BCUT2D eigenvalue weighted by molar-refractivity contribution is -0.149. The number of piperazine rings is 1. The molecule has 0 radical (unpaired) electrons. The molecule has 210 valence electrons. The molecule has 6 rings (SSSR count). The van der Waals surface area contributed by atoms with Crippen molar-refractivity contribution >= 4 is 27.9 Å². The summed E-state index contributed by atoms with van der Waals surface area (Å²) in [6.45, 7) is 7.92. The topological polar surface area (TPSA) is 76.9 Å². The number of hydrogen-bond donors (Lipinski definition) is 0. The third-order valence-electron chi connectivity index (χ3n) is 8.17. The molecule has 0 N–H and O–H groups in total. The molecule has 2 atom stereocenters. The molecule has 40 heavy (non-hydrogen) atoms. The van der Waals surface area contributed by atoms with E-state index in [1.165, 1.54) is 0 Å². The first kappa shape index (κ1) is 28.1. The van der Waals surface area contributed by atoms with E-state index in [0.29, 0.717) is 12.1 Å². The molecule has 3 aliphatic heterocycles. The van der Waals surface area contributed by atoms with Gasteiger partial charge in [-0.15, -0.1) is 0 Å². The Bertz CT molecular complexity index is 1530. The second-order valence-corrected chi connectivity index (χ2v) is 11.5. The smallest absolute Gasteiger partial charge is 0.253 e. The molecule has 0 aliphatic carbocycles. The second kappa shape index (κ2) is 11.2. The summed E-state index contributed by atoms with van der Waals surface area (Å²) in [5.74, 6) is 1.56. The van der Waals surface area contributed by atoms with Crippen molar-refractivity contribution in [1.29, 1.82) is 0 Å². The standard InChI is InChI=1S/C31H35BrN4O4/c1-18(10-22-8-7-9-29(32)33-22)30(37)36-23-13-24(36)15-35(14-23)17-26-27(39-5)11-21(12-28(26)40-6)25-16-34(4)31(38)20(3)19(25)2/h7-12,16,23-24H,13-15,17H2,1-6H3/b18-10+. The number of carbonyl (C=O) groups is 1. The number of nitrogens with zero attached hydrogens (tertiary/aromatic N) is 4. The van der Waals surface area contributed by atoms with Gasteiger partial charge in [0.1, 0.15) is 16.1 Å². The van der Waals surface area contributed by atoms with Crippen LogP contribution in [-0.2, 0) is 18.4 Å². The first-order chi connectivity index (χ1) is 19.1. The molecule has 3 saturated heterocycles. The number of ether oxygens (including phenoxy) is 2. The van der Waals surface area contributed by atoms with Crippen LogP contribution in [0.4, 0.5) is 0 Å². The lowest BCUT2D eigenvalue weighted by atomic mass is 9.86. The fraction of sp³-hybridized carbons (Fsp3) is 0.387. The number of methoxy groups -OCH3 is 2. The van der Waals surface area contributed by atoms with Gasteiger partial charge in [-0.2, -0.15) is 0 Å². The van der Waals surface area contributed by atoms with Gasteiger partial charge in [-0.25, -0.2) is 4.98 Å². The number of fused-ring (bicyclic) bond motifs is 2. The monoisotopic (exact) mass is 606 g/mol. The van der Waals surface area contributed by atoms with Crippen LogP contribution in [0.25, 0.3) is 17.2 Å². The largest absolute Gasteiger partial charge is 0.496 e. The highest BCUT2D eigenvalue weighted by atomic mass is 79.9. The van der Waals surface area contributed by atoms with Crippen molar-refractivity contribution in [3.8, 4) is 22.6 Å². The Kier molecular flexibility index (Phi) is 7.88. The molecule has 3 fully saturated rings. The summed E-state index contributed by atoms with van der Waals surface area (Å²) in [5, 5.41) is 0. The molecule has 8 nitrogen and oxygen atoms in total. The number of piperidine rings is 1. The molecular weight excluding hydrogens is 572 g/mol. The Balaban J connectivity index is 1.34. The fourth-order valence-corrected chi connectivity index (χ4v) is 6.29. The Morgan fingerprint density at radius 3 is 2.35 bits per heavy atom. The Morgan fingerprint density at radius 2 is 1.75 bits per heavy atom. The minimum Gasteiger partial charge on any atom is -0.496 e. The summed E-state index contributed by atoms with van der Waals surface area (Å²) in [7, 11) is 5.11. The van der Waals surface area contributed by atoms with Gasteiger partial charge >= 0.3 is 0 Å². The number of amides is 1. The number of pyridine rings is 2. The van der Waals surface area contributed by atoms with Crippen molar-refractivity contribution in [3.05, 3.63) is 79.4 Å². The lowest BCUT2D eigenvalue weighted by Gasteiger charge is -2.56. The maximum Gasteiger partial charge on any atom is 0.253 e. The third-order valence-corrected chi connectivity index (χ3v) is 8.61. The molecule has 3 aliphatic rings. The number of hydrogen-bond acceptors (Lipinski definition) is 6. The van der Waals surface area contributed by atoms with Crippen molar-refractivity contribution in [2.24, 2.45) is 7.05 Å². The number of aromatic nitrogens is 2. The molecule has 9 heteroatoms. The number of carbonyl (C=O) groups excluding carboxylic acids is 1. The molecule has 1 aromatic carbocycles. The number of benzene rings is 1. The van der Waals surface area contributed by atoms with E-state index in [2.05, 4.69) is 25.8 Å². The van der Waals surface area contributed by atoms with E-state index in [4.69, 9.17) is 9.47 Å². The lowest BCUT2D eigenvalue weighted by Crippen LogP contribution is -2.70. The van der Waals surface area contributed by atoms with E-state index in [1.54, 1.807) is 25.8 Å². The molecule has 5 heterocycles. The highest BCUT2D eigenvalue weighted by Crippen LogP contribution is 2.40. The molecule has 1 amide bonds. The fourth-order valence-electron chi connectivity index (χ4n) is 5.94. The van der Waals surface area contributed by atoms with Crippen LogP contribution in [0.5, 0.6) is 11.5 Å². The van der Waals surface area contributed by atoms with Gasteiger partial charge in [-0.05, 0) is 84.6 Å². The predicted molar refractivity (Wildman–Crippen MR) is 160 cm³/mol. The average molecular weight is 608 g/mol. The van der Waals surface area contributed by atoms with E-state index in [9.17, 15) is 9.59 Å². The molecular formula is C31H35BrN4O4. The Labute approximate surface area is 243 Å². The third kappa shape index (κ3) is 5.20. The molecule has 2 unspecified atom stereocenters. The van der Waals surface area contributed by atoms with Crippen LogP contribution < -0.4 is 15.0 Å². The van der Waals surface area contributed by atoms with E-state index in [-0.39, 0.29) is 23.6 Å². The zero-order valence-corrected chi connectivity index (χ0v) is 25.4. The van der Waals surface area contributed by atoms with Gasteiger partial charge < -0.3 is 18.9 Å². The molecule has 3 aromatic rings. The second-order valence-electron chi connectivity index (χ2n) is 10.7. The van der Waals surface area contributed by atoms with Crippen molar-refractivity contribution in [2.45, 2.75) is 45.8 Å². The summed E-state index contributed by atoms with van der Waals surface area (Å²) in [4.78, 5) is 34.5.